The number of hydrogen-bond donors (Lipinski definition) is 0. The molecule has 0 radical (unpaired) electrons. The van der Waals surface area contributed by atoms with Crippen molar-refractivity contribution in [1.82, 2.24) is 4.98 Å². The van der Waals surface area contributed by atoms with E-state index in [4.69, 9.17) is 39.5 Å². The van der Waals surface area contributed by atoms with E-state index in [2.05, 4.69) is 4.98 Å². The van der Waals surface area contributed by atoms with Crippen molar-refractivity contribution in [3.8, 4) is 5.75 Å². The van der Waals surface area contributed by atoms with Gasteiger partial charge in [-0.25, -0.2) is 4.98 Å². The molecular formula is C11H8Cl3NO. The largest absolute Gasteiger partial charge is 0.497 e. The standard InChI is InChI=1S/C11H8Cl3NO/c1-16-7-3-2-6-4-8(10(12)13)11(14)15-9(6)5-7/h2-5,10H,1H3. The smallest absolute Gasteiger partial charge is 0.135 e. The molecule has 1 aromatic carbocycles. The fourth-order valence-electron chi connectivity index (χ4n) is 1.42. The average Bonchev–Trinajstić information content (AvgIpc) is 2.27. The van der Waals surface area contributed by atoms with Crippen LogP contribution in [0, 0.1) is 0 Å². The third-order valence-electron chi connectivity index (χ3n) is 2.24. The minimum absolute atomic E-state index is 0.316. The molecule has 1 aromatic heterocycles. The van der Waals surface area contributed by atoms with Gasteiger partial charge >= 0.3 is 0 Å². The summed E-state index contributed by atoms with van der Waals surface area (Å²) in [5.74, 6) is 0.733. The van der Waals surface area contributed by atoms with Crippen LogP contribution >= 0.6 is 34.8 Å². The topological polar surface area (TPSA) is 22.1 Å². The van der Waals surface area contributed by atoms with Crippen LogP contribution in [0.1, 0.15) is 10.4 Å². The minimum Gasteiger partial charge on any atom is -0.497 e. The zero-order valence-electron chi connectivity index (χ0n) is 8.38. The second kappa shape index (κ2) is 4.66. The van der Waals surface area contributed by atoms with Crippen LogP contribution in [-0.4, -0.2) is 12.1 Å². The molecule has 2 nitrogen and oxygen atoms in total. The van der Waals surface area contributed by atoms with Crippen LogP contribution in [0.4, 0.5) is 0 Å². The van der Waals surface area contributed by atoms with Crippen LogP contribution in [0.15, 0.2) is 24.3 Å². The molecule has 0 N–H and O–H groups in total. The third-order valence-corrected chi connectivity index (χ3v) is 3.01. The number of halogens is 3. The maximum absolute atomic E-state index is 5.97. The molecule has 0 amide bonds. The van der Waals surface area contributed by atoms with E-state index in [-0.39, 0.29) is 0 Å². The summed E-state index contributed by atoms with van der Waals surface area (Å²) in [6.07, 6.45) is 0. The first-order valence-electron chi connectivity index (χ1n) is 4.54. The van der Waals surface area contributed by atoms with Crippen molar-refractivity contribution < 1.29 is 4.74 Å². The van der Waals surface area contributed by atoms with Gasteiger partial charge in [0.1, 0.15) is 15.7 Å². The van der Waals surface area contributed by atoms with E-state index in [0.29, 0.717) is 10.7 Å². The molecule has 0 aliphatic rings. The third kappa shape index (κ3) is 2.19. The Hall–Kier alpha value is -0.700. The Kier molecular flexibility index (Phi) is 3.43. The summed E-state index contributed by atoms with van der Waals surface area (Å²) in [6, 6.07) is 7.37. The molecule has 0 aliphatic carbocycles. The summed E-state index contributed by atoms with van der Waals surface area (Å²) in [6.45, 7) is 0. The molecule has 0 bridgehead atoms. The molecule has 0 saturated carbocycles. The lowest BCUT2D eigenvalue weighted by Gasteiger charge is -2.07. The molecule has 0 spiro atoms. The lowest BCUT2D eigenvalue weighted by Crippen LogP contribution is -1.90. The van der Waals surface area contributed by atoms with Crippen LogP contribution in [0.2, 0.25) is 5.15 Å². The number of benzene rings is 1. The van der Waals surface area contributed by atoms with Gasteiger partial charge in [0, 0.05) is 17.0 Å². The van der Waals surface area contributed by atoms with E-state index in [1.54, 1.807) is 7.11 Å². The molecule has 1 heterocycles. The molecule has 0 saturated heterocycles. The van der Waals surface area contributed by atoms with Gasteiger partial charge in [0.05, 0.1) is 12.6 Å². The van der Waals surface area contributed by atoms with Crippen molar-refractivity contribution in [1.29, 1.82) is 0 Å². The molecule has 0 atom stereocenters. The number of pyridine rings is 1. The van der Waals surface area contributed by atoms with Gasteiger partial charge in [-0.05, 0) is 18.2 Å². The fraction of sp³-hybridized carbons (Fsp3) is 0.182. The Bertz CT molecular complexity index is 528. The highest BCUT2D eigenvalue weighted by molar-refractivity contribution is 6.45. The van der Waals surface area contributed by atoms with Gasteiger partial charge in [-0.15, -0.1) is 0 Å². The minimum atomic E-state index is -0.675. The number of hydrogen-bond acceptors (Lipinski definition) is 2. The summed E-state index contributed by atoms with van der Waals surface area (Å²) in [7, 11) is 1.60. The predicted octanol–water partition coefficient (Wildman–Crippen LogP) is 4.37. The van der Waals surface area contributed by atoms with Gasteiger partial charge < -0.3 is 4.74 Å². The monoisotopic (exact) mass is 275 g/mol. The Balaban J connectivity index is 2.64. The number of fused-ring (bicyclic) bond motifs is 1. The number of alkyl halides is 2. The first-order valence-corrected chi connectivity index (χ1v) is 5.79. The number of nitrogens with zero attached hydrogens (tertiary/aromatic N) is 1. The molecule has 0 fully saturated rings. The van der Waals surface area contributed by atoms with E-state index < -0.39 is 4.84 Å². The van der Waals surface area contributed by atoms with Crippen molar-refractivity contribution in [3.63, 3.8) is 0 Å². The second-order valence-electron chi connectivity index (χ2n) is 3.23. The summed E-state index contributed by atoms with van der Waals surface area (Å²) in [5.41, 5.74) is 1.37. The Labute approximate surface area is 108 Å². The molecular weight excluding hydrogens is 268 g/mol. The lowest BCUT2D eigenvalue weighted by atomic mass is 10.1. The zero-order valence-corrected chi connectivity index (χ0v) is 10.6. The van der Waals surface area contributed by atoms with Crippen LogP contribution in [0.3, 0.4) is 0 Å². The van der Waals surface area contributed by atoms with E-state index in [0.717, 1.165) is 16.7 Å². The Morgan fingerprint density at radius 3 is 2.62 bits per heavy atom. The quantitative estimate of drug-likeness (QED) is 0.600. The van der Waals surface area contributed by atoms with Crippen LogP contribution in [0.25, 0.3) is 10.9 Å². The SMILES string of the molecule is COc1ccc2cc(C(Cl)Cl)c(Cl)nc2c1. The maximum atomic E-state index is 5.97. The molecule has 0 unspecified atom stereocenters. The van der Waals surface area contributed by atoms with Crippen LogP contribution in [0.5, 0.6) is 5.75 Å². The van der Waals surface area contributed by atoms with E-state index >= 15 is 0 Å². The number of rotatable bonds is 2. The highest BCUT2D eigenvalue weighted by Gasteiger charge is 2.11. The first kappa shape index (κ1) is 11.8. The highest BCUT2D eigenvalue weighted by atomic mass is 35.5. The van der Waals surface area contributed by atoms with E-state index in [9.17, 15) is 0 Å². The molecule has 5 heteroatoms. The fourth-order valence-corrected chi connectivity index (χ4v) is 2.12. The van der Waals surface area contributed by atoms with Gasteiger partial charge in [0.15, 0.2) is 0 Å². The summed E-state index contributed by atoms with van der Waals surface area (Å²) >= 11 is 17.5. The van der Waals surface area contributed by atoms with E-state index in [1.165, 1.54) is 0 Å². The van der Waals surface area contributed by atoms with Gasteiger partial charge in [-0.1, -0.05) is 34.8 Å². The normalized spacial score (nSPS) is 11.1. The molecule has 2 aromatic rings. The number of aromatic nitrogens is 1. The highest BCUT2D eigenvalue weighted by Crippen LogP contribution is 2.33. The van der Waals surface area contributed by atoms with E-state index in [1.807, 2.05) is 24.3 Å². The summed E-state index contributed by atoms with van der Waals surface area (Å²) in [5, 5.41) is 1.24. The lowest BCUT2D eigenvalue weighted by molar-refractivity contribution is 0.415. The maximum Gasteiger partial charge on any atom is 0.135 e. The second-order valence-corrected chi connectivity index (χ2v) is 4.68. The Morgan fingerprint density at radius 1 is 1.25 bits per heavy atom. The van der Waals surface area contributed by atoms with Crippen molar-refractivity contribution in [2.75, 3.05) is 7.11 Å². The molecule has 2 rings (SSSR count). The van der Waals surface area contributed by atoms with Gasteiger partial charge in [0.25, 0.3) is 0 Å². The molecule has 84 valence electrons. The summed E-state index contributed by atoms with van der Waals surface area (Å²) in [4.78, 5) is 3.55. The molecule has 0 aliphatic heterocycles. The van der Waals surface area contributed by atoms with Crippen molar-refractivity contribution in [2.24, 2.45) is 0 Å². The van der Waals surface area contributed by atoms with Crippen LogP contribution < -0.4 is 4.74 Å². The first-order chi connectivity index (χ1) is 7.61. The average molecular weight is 277 g/mol. The van der Waals surface area contributed by atoms with Gasteiger partial charge in [0.2, 0.25) is 0 Å². The Morgan fingerprint density at radius 2 is 2.00 bits per heavy atom. The zero-order chi connectivity index (χ0) is 11.7. The number of ether oxygens (including phenoxy) is 1. The summed E-state index contributed by atoms with van der Waals surface area (Å²) < 4.78 is 5.10. The van der Waals surface area contributed by atoms with Gasteiger partial charge in [-0.3, -0.25) is 0 Å². The van der Waals surface area contributed by atoms with Crippen molar-refractivity contribution in [2.45, 2.75) is 4.84 Å². The van der Waals surface area contributed by atoms with Crippen LogP contribution in [-0.2, 0) is 0 Å². The van der Waals surface area contributed by atoms with Crippen molar-refractivity contribution >= 4 is 45.7 Å². The number of methoxy groups -OCH3 is 1. The van der Waals surface area contributed by atoms with Crippen molar-refractivity contribution in [3.05, 3.63) is 35.0 Å². The van der Waals surface area contributed by atoms with Gasteiger partial charge in [-0.2, -0.15) is 0 Å². The predicted molar refractivity (Wildman–Crippen MR) is 67.8 cm³/mol. The molecule has 16 heavy (non-hydrogen) atoms.